The van der Waals surface area contributed by atoms with Crippen molar-refractivity contribution in [2.24, 2.45) is 5.73 Å². The molecule has 0 aromatic carbocycles. The first-order valence-electron chi connectivity index (χ1n) is 2.49. The summed E-state index contributed by atoms with van der Waals surface area (Å²) in [5.74, 6) is -0.125. The van der Waals surface area contributed by atoms with Gasteiger partial charge in [0.05, 0.1) is 6.04 Å². The molecule has 0 heterocycles. The van der Waals surface area contributed by atoms with E-state index in [9.17, 15) is 4.79 Å². The fraction of sp³-hybridized carbons (Fsp3) is 0.750. The van der Waals surface area contributed by atoms with Crippen LogP contribution in [-0.2, 0) is 14.3 Å². The van der Waals surface area contributed by atoms with Crippen LogP contribution >= 0.6 is 40.0 Å². The molecule has 0 aromatic heterocycles. The summed E-state index contributed by atoms with van der Waals surface area (Å²) >= 11 is 4.74. The summed E-state index contributed by atoms with van der Waals surface area (Å²) in [7, 11) is 2.19. The number of hydrogen-bond acceptors (Lipinski definition) is 2. The van der Waals surface area contributed by atoms with Crippen LogP contribution in [0.15, 0.2) is 0 Å². The average Bonchev–Trinajstić information content (AvgIpc) is 1.88. The summed E-state index contributed by atoms with van der Waals surface area (Å²) in [6, 6.07) is -0.384. The Kier molecular flexibility index (Phi) is 14.7. The third-order valence-corrected chi connectivity index (χ3v) is 0.660. The van der Waals surface area contributed by atoms with Gasteiger partial charge in [0.2, 0.25) is 5.91 Å². The van der Waals surface area contributed by atoms with Gasteiger partial charge in [0.25, 0.3) is 0 Å². The van der Waals surface area contributed by atoms with Gasteiger partial charge >= 0.3 is 49.4 Å². The first-order chi connectivity index (χ1) is 4.59. The molecule has 3 N–H and O–H groups in total. The molecule has 0 saturated carbocycles. The van der Waals surface area contributed by atoms with E-state index in [1.165, 1.54) is 0 Å². The quantitative estimate of drug-likeness (QED) is 0.634. The number of rotatable bonds is 1. The van der Waals surface area contributed by atoms with E-state index in [4.69, 9.17) is 5.73 Å². The Hall–Kier alpha value is 1.47. The van der Waals surface area contributed by atoms with Crippen LogP contribution in [0.2, 0.25) is 0 Å². The second-order valence-corrected chi connectivity index (χ2v) is 13.3. The van der Waals surface area contributed by atoms with Crippen molar-refractivity contribution in [2.45, 2.75) is 13.0 Å². The van der Waals surface area contributed by atoms with E-state index in [-0.39, 0.29) is 11.9 Å². The van der Waals surface area contributed by atoms with Gasteiger partial charge in [0, 0.05) is 7.05 Å². The van der Waals surface area contributed by atoms with Gasteiger partial charge in [-0.05, 0) is 6.92 Å². The molecule has 0 rings (SSSR count). The molecule has 0 fully saturated rings. The summed E-state index contributed by atoms with van der Waals surface area (Å²) < 4.78 is 0. The second kappa shape index (κ2) is 10.5. The molecule has 1 atom stereocenters. The third kappa shape index (κ3) is 12.2. The van der Waals surface area contributed by atoms with Crippen molar-refractivity contribution in [3.05, 3.63) is 0 Å². The van der Waals surface area contributed by atoms with E-state index in [1.54, 1.807) is 14.0 Å². The fourth-order valence-corrected chi connectivity index (χ4v) is 0.228. The van der Waals surface area contributed by atoms with E-state index in [1.807, 2.05) is 0 Å². The van der Waals surface area contributed by atoms with Crippen LogP contribution in [0.4, 0.5) is 0 Å². The van der Waals surface area contributed by atoms with E-state index < -0.39 is 0 Å². The molecule has 0 saturated heterocycles. The van der Waals surface area contributed by atoms with Gasteiger partial charge in [-0.15, -0.1) is 0 Å². The minimum atomic E-state index is -0.384. The molecule has 0 bridgehead atoms. The SMILES string of the molecule is CNC(=O)C(C)N.[I][V][I]. The number of nitrogens with two attached hydrogens (primary N) is 1. The van der Waals surface area contributed by atoms with E-state index >= 15 is 0 Å². The van der Waals surface area contributed by atoms with Gasteiger partial charge in [-0.2, -0.15) is 0 Å². The van der Waals surface area contributed by atoms with E-state index in [0.29, 0.717) is 9.47 Å². The Bertz CT molecular complexity index is 91.3. The Morgan fingerprint density at radius 3 is 2.00 bits per heavy atom. The maximum atomic E-state index is 10.3. The molecule has 61 valence electrons. The standard InChI is InChI=1S/C4H10N2O.2HI.V/c1-3(5)4(7)6-2;;;/h3H,5H2,1-2H3,(H,6,7);2*1H;/q;;;+2/p-2. The number of nitrogens with one attached hydrogen (secondary N) is 1. The summed E-state index contributed by atoms with van der Waals surface area (Å²) in [6.45, 7) is 1.64. The van der Waals surface area contributed by atoms with Gasteiger partial charge < -0.3 is 11.1 Å². The fourth-order valence-electron chi connectivity index (χ4n) is 0.228. The molecule has 3 nitrogen and oxygen atoms in total. The molecule has 0 radical (unpaired) electrons. The molecule has 0 aliphatic rings. The topological polar surface area (TPSA) is 55.1 Å². The molecule has 0 aromatic rings. The summed E-state index contributed by atoms with van der Waals surface area (Å²) in [5, 5.41) is 2.40. The summed E-state index contributed by atoms with van der Waals surface area (Å²) in [6.07, 6.45) is 0. The van der Waals surface area contributed by atoms with Crippen molar-refractivity contribution in [1.82, 2.24) is 5.32 Å². The van der Waals surface area contributed by atoms with Crippen LogP contribution in [-0.4, -0.2) is 19.0 Å². The zero-order chi connectivity index (χ0) is 8.57. The van der Waals surface area contributed by atoms with Gasteiger partial charge in [0.1, 0.15) is 0 Å². The summed E-state index contributed by atoms with van der Waals surface area (Å²) in [4.78, 5) is 10.3. The number of likely N-dealkylation sites (N-methyl/N-ethyl adjacent to an activating group) is 1. The Morgan fingerprint density at radius 1 is 1.70 bits per heavy atom. The number of carbonyl (C=O) groups is 1. The van der Waals surface area contributed by atoms with Crippen LogP contribution in [0.25, 0.3) is 0 Å². The summed E-state index contributed by atoms with van der Waals surface area (Å²) in [5.41, 5.74) is 5.13. The van der Waals surface area contributed by atoms with E-state index in [0.717, 1.165) is 0 Å². The Labute approximate surface area is 90.1 Å². The first kappa shape index (κ1) is 14.0. The normalized spacial score (nSPS) is 10.5. The van der Waals surface area contributed by atoms with Gasteiger partial charge in [-0.1, -0.05) is 0 Å². The van der Waals surface area contributed by atoms with Crippen molar-refractivity contribution in [3.8, 4) is 0 Å². The zero-order valence-electron chi connectivity index (χ0n) is 5.77. The van der Waals surface area contributed by atoms with Gasteiger partial charge in [0.15, 0.2) is 0 Å². The van der Waals surface area contributed by atoms with Crippen molar-refractivity contribution >= 4 is 45.9 Å². The Balaban J connectivity index is 0. The Morgan fingerprint density at radius 2 is 2.00 bits per heavy atom. The van der Waals surface area contributed by atoms with Gasteiger partial charge in [-0.3, -0.25) is 4.79 Å². The van der Waals surface area contributed by atoms with Crippen molar-refractivity contribution < 1.29 is 14.3 Å². The first-order valence-corrected chi connectivity index (χ1v) is 11.5. The van der Waals surface area contributed by atoms with Crippen LogP contribution in [0.1, 0.15) is 6.92 Å². The third-order valence-electron chi connectivity index (χ3n) is 0.660. The van der Waals surface area contributed by atoms with Gasteiger partial charge in [-0.25, -0.2) is 0 Å². The van der Waals surface area contributed by atoms with E-state index in [2.05, 4.69) is 45.3 Å². The molecule has 6 heteroatoms. The second-order valence-electron chi connectivity index (χ2n) is 1.47. The number of amides is 1. The molecule has 1 unspecified atom stereocenters. The predicted octanol–water partition coefficient (Wildman–Crippen LogP) is 0.848. The number of halogens is 2. The molecule has 0 spiro atoms. The van der Waals surface area contributed by atoms with Crippen molar-refractivity contribution in [1.29, 1.82) is 0 Å². The molecule has 10 heavy (non-hydrogen) atoms. The zero-order valence-corrected chi connectivity index (χ0v) is 11.5. The molecular formula is C4H10I2N2OV. The molecule has 1 amide bonds. The number of hydrogen-bond donors (Lipinski definition) is 2. The minimum absolute atomic E-state index is 0.125. The van der Waals surface area contributed by atoms with Crippen LogP contribution in [0.3, 0.4) is 0 Å². The van der Waals surface area contributed by atoms with Crippen LogP contribution in [0, 0.1) is 0 Å². The molecule has 0 aliphatic heterocycles. The maximum absolute atomic E-state index is 10.3. The van der Waals surface area contributed by atoms with Crippen molar-refractivity contribution in [3.63, 3.8) is 0 Å². The predicted molar refractivity (Wildman–Crippen MR) is 55.8 cm³/mol. The molecule has 0 aliphatic carbocycles. The molecular weight excluding hydrogens is 397 g/mol. The average molecular weight is 407 g/mol. The van der Waals surface area contributed by atoms with Crippen molar-refractivity contribution in [2.75, 3.05) is 7.05 Å². The monoisotopic (exact) mass is 407 g/mol. The van der Waals surface area contributed by atoms with Crippen LogP contribution < -0.4 is 11.1 Å². The van der Waals surface area contributed by atoms with Crippen LogP contribution in [0.5, 0.6) is 0 Å². The number of carbonyl (C=O) groups excluding carboxylic acids is 1.